The third-order valence-electron chi connectivity index (χ3n) is 3.21. The van der Waals surface area contributed by atoms with Crippen LogP contribution < -0.4 is 16.0 Å². The van der Waals surface area contributed by atoms with Crippen LogP contribution >= 0.6 is 15.9 Å². The van der Waals surface area contributed by atoms with Crippen LogP contribution in [0.1, 0.15) is 36.6 Å². The molecule has 0 aromatic heterocycles. The number of nitrogens with one attached hydrogen (secondary N) is 1. The van der Waals surface area contributed by atoms with Crippen LogP contribution in [0.15, 0.2) is 46.9 Å². The molecule has 2 rings (SSSR count). The smallest absolute Gasteiger partial charge is 0.119 e. The van der Waals surface area contributed by atoms with E-state index in [1.54, 1.807) is 0 Å². The van der Waals surface area contributed by atoms with Crippen LogP contribution in [0.25, 0.3) is 0 Å². The summed E-state index contributed by atoms with van der Waals surface area (Å²) < 4.78 is 6.71. The average Bonchev–Trinajstić information content (AvgIpc) is 2.44. The van der Waals surface area contributed by atoms with Gasteiger partial charge in [0.1, 0.15) is 5.75 Å². The molecule has 0 aliphatic carbocycles. The van der Waals surface area contributed by atoms with Crippen molar-refractivity contribution in [3.05, 3.63) is 63.6 Å². The molecular formula is C17H21BrN2O. The molecule has 0 radical (unpaired) electrons. The second kappa shape index (κ2) is 7.07. The number of hydrogen-bond acceptors (Lipinski definition) is 3. The maximum Gasteiger partial charge on any atom is 0.119 e. The highest BCUT2D eigenvalue weighted by molar-refractivity contribution is 9.10. The van der Waals surface area contributed by atoms with Gasteiger partial charge in [0, 0.05) is 4.47 Å². The van der Waals surface area contributed by atoms with Crippen molar-refractivity contribution in [2.24, 2.45) is 5.84 Å². The molecule has 0 saturated heterocycles. The number of hydrazine groups is 1. The maximum absolute atomic E-state index is 5.77. The van der Waals surface area contributed by atoms with Gasteiger partial charge in [-0.25, -0.2) is 5.43 Å². The number of benzene rings is 2. The van der Waals surface area contributed by atoms with Crippen molar-refractivity contribution in [2.45, 2.75) is 32.9 Å². The maximum atomic E-state index is 5.77. The van der Waals surface area contributed by atoms with E-state index in [1.807, 2.05) is 44.2 Å². The highest BCUT2D eigenvalue weighted by atomic mass is 79.9. The fourth-order valence-electron chi connectivity index (χ4n) is 2.26. The molecule has 0 bridgehead atoms. The Morgan fingerprint density at radius 2 is 1.76 bits per heavy atom. The van der Waals surface area contributed by atoms with Gasteiger partial charge in [-0.3, -0.25) is 5.84 Å². The normalized spacial score (nSPS) is 12.5. The summed E-state index contributed by atoms with van der Waals surface area (Å²) in [4.78, 5) is 0. The zero-order valence-corrected chi connectivity index (χ0v) is 14.1. The molecule has 1 unspecified atom stereocenters. The first-order valence-corrected chi connectivity index (χ1v) is 7.79. The zero-order valence-electron chi connectivity index (χ0n) is 12.6. The van der Waals surface area contributed by atoms with Gasteiger partial charge in [-0.2, -0.15) is 0 Å². The van der Waals surface area contributed by atoms with Crippen molar-refractivity contribution in [1.82, 2.24) is 5.43 Å². The van der Waals surface area contributed by atoms with E-state index >= 15 is 0 Å². The summed E-state index contributed by atoms with van der Waals surface area (Å²) in [6.45, 7) is 6.10. The molecular weight excluding hydrogens is 328 g/mol. The SMILES string of the molecule is Cc1ccc(Br)c(C(NN)c2ccc(OC(C)C)cc2)c1. The molecule has 0 fully saturated rings. The number of ether oxygens (including phenoxy) is 1. The monoisotopic (exact) mass is 348 g/mol. The van der Waals surface area contributed by atoms with Gasteiger partial charge in [-0.05, 0) is 50.1 Å². The van der Waals surface area contributed by atoms with Crippen LogP contribution in [-0.4, -0.2) is 6.10 Å². The van der Waals surface area contributed by atoms with Gasteiger partial charge < -0.3 is 4.74 Å². The summed E-state index contributed by atoms with van der Waals surface area (Å²) in [5.41, 5.74) is 6.31. The summed E-state index contributed by atoms with van der Waals surface area (Å²) in [6, 6.07) is 14.2. The second-order valence-electron chi connectivity index (χ2n) is 5.36. The van der Waals surface area contributed by atoms with Gasteiger partial charge in [-0.15, -0.1) is 0 Å². The van der Waals surface area contributed by atoms with E-state index in [0.29, 0.717) is 0 Å². The first kappa shape index (κ1) is 16.0. The van der Waals surface area contributed by atoms with Crippen molar-refractivity contribution in [1.29, 1.82) is 0 Å². The molecule has 2 aromatic carbocycles. The molecule has 3 nitrogen and oxygen atoms in total. The summed E-state index contributed by atoms with van der Waals surface area (Å²) in [7, 11) is 0. The third-order valence-corrected chi connectivity index (χ3v) is 3.94. The standard InChI is InChI=1S/C17H21BrN2O/c1-11(2)21-14-7-5-13(6-8-14)17(20-19)15-10-12(3)4-9-16(15)18/h4-11,17,20H,19H2,1-3H3. The van der Waals surface area contributed by atoms with Gasteiger partial charge in [0.05, 0.1) is 12.1 Å². The minimum atomic E-state index is -0.0626. The highest BCUT2D eigenvalue weighted by Gasteiger charge is 2.15. The molecule has 1 atom stereocenters. The molecule has 0 aliphatic heterocycles. The van der Waals surface area contributed by atoms with Gasteiger partial charge in [0.2, 0.25) is 0 Å². The molecule has 2 aromatic rings. The average molecular weight is 349 g/mol. The minimum absolute atomic E-state index is 0.0626. The van der Waals surface area contributed by atoms with E-state index in [2.05, 4.69) is 40.4 Å². The predicted octanol–water partition coefficient (Wildman–Crippen LogP) is 4.10. The van der Waals surface area contributed by atoms with Crippen LogP contribution in [0.3, 0.4) is 0 Å². The first-order chi connectivity index (χ1) is 10.0. The summed E-state index contributed by atoms with van der Waals surface area (Å²) in [6.07, 6.45) is 0.171. The quantitative estimate of drug-likeness (QED) is 0.631. The number of aryl methyl sites for hydroxylation is 1. The Morgan fingerprint density at radius 1 is 1.10 bits per heavy atom. The Bertz CT molecular complexity index is 596. The topological polar surface area (TPSA) is 47.3 Å². The van der Waals surface area contributed by atoms with Gasteiger partial charge in [-0.1, -0.05) is 45.8 Å². The highest BCUT2D eigenvalue weighted by Crippen LogP contribution is 2.30. The molecule has 4 heteroatoms. The lowest BCUT2D eigenvalue weighted by atomic mass is 9.98. The van der Waals surface area contributed by atoms with Crippen molar-refractivity contribution in [3.8, 4) is 5.75 Å². The van der Waals surface area contributed by atoms with Gasteiger partial charge in [0.15, 0.2) is 0 Å². The predicted molar refractivity (Wildman–Crippen MR) is 90.3 cm³/mol. The fraction of sp³-hybridized carbons (Fsp3) is 0.294. The number of halogens is 1. The Morgan fingerprint density at radius 3 is 2.33 bits per heavy atom. The lowest BCUT2D eigenvalue weighted by molar-refractivity contribution is 0.242. The van der Waals surface area contributed by atoms with Crippen molar-refractivity contribution < 1.29 is 4.74 Å². The Balaban J connectivity index is 2.31. The van der Waals surface area contributed by atoms with Crippen LogP contribution in [0, 0.1) is 6.92 Å². The Kier molecular flexibility index (Phi) is 5.39. The molecule has 0 aliphatic rings. The molecule has 0 amide bonds. The van der Waals surface area contributed by atoms with E-state index in [-0.39, 0.29) is 12.1 Å². The number of hydrogen-bond donors (Lipinski definition) is 2. The van der Waals surface area contributed by atoms with Crippen molar-refractivity contribution in [2.75, 3.05) is 0 Å². The number of nitrogens with two attached hydrogens (primary N) is 1. The Labute approximate surface area is 134 Å². The van der Waals surface area contributed by atoms with Crippen molar-refractivity contribution in [3.63, 3.8) is 0 Å². The van der Waals surface area contributed by atoms with Gasteiger partial charge >= 0.3 is 0 Å². The molecule has 21 heavy (non-hydrogen) atoms. The van der Waals surface area contributed by atoms with E-state index in [1.165, 1.54) is 5.56 Å². The molecule has 3 N–H and O–H groups in total. The van der Waals surface area contributed by atoms with E-state index < -0.39 is 0 Å². The molecule has 0 heterocycles. The van der Waals surface area contributed by atoms with Crippen LogP contribution in [0.5, 0.6) is 5.75 Å². The van der Waals surface area contributed by atoms with Crippen molar-refractivity contribution >= 4 is 15.9 Å². The molecule has 112 valence electrons. The van der Waals surface area contributed by atoms with E-state index in [9.17, 15) is 0 Å². The fourth-order valence-corrected chi connectivity index (χ4v) is 2.74. The van der Waals surface area contributed by atoms with E-state index in [4.69, 9.17) is 10.6 Å². The largest absolute Gasteiger partial charge is 0.491 e. The second-order valence-corrected chi connectivity index (χ2v) is 6.21. The lowest BCUT2D eigenvalue weighted by Gasteiger charge is -2.19. The zero-order chi connectivity index (χ0) is 15.4. The summed E-state index contributed by atoms with van der Waals surface area (Å²) in [5.74, 6) is 6.64. The minimum Gasteiger partial charge on any atom is -0.491 e. The van der Waals surface area contributed by atoms with Crippen LogP contribution in [0.4, 0.5) is 0 Å². The van der Waals surface area contributed by atoms with Gasteiger partial charge in [0.25, 0.3) is 0 Å². The van der Waals surface area contributed by atoms with Crippen LogP contribution in [-0.2, 0) is 0 Å². The van der Waals surface area contributed by atoms with Crippen LogP contribution in [0.2, 0.25) is 0 Å². The summed E-state index contributed by atoms with van der Waals surface area (Å²) in [5, 5.41) is 0. The molecule has 0 spiro atoms. The lowest BCUT2D eigenvalue weighted by Crippen LogP contribution is -2.29. The first-order valence-electron chi connectivity index (χ1n) is 7.00. The summed E-state index contributed by atoms with van der Waals surface area (Å²) >= 11 is 3.60. The number of rotatable bonds is 5. The Hall–Kier alpha value is -1.36. The third kappa shape index (κ3) is 4.06. The van der Waals surface area contributed by atoms with E-state index in [0.717, 1.165) is 21.3 Å². The molecule has 0 saturated carbocycles.